The van der Waals surface area contributed by atoms with Gasteiger partial charge in [-0.3, -0.25) is 14.9 Å². The third-order valence-corrected chi connectivity index (χ3v) is 2.15. The maximum absolute atomic E-state index is 10.6. The van der Waals surface area contributed by atoms with Gasteiger partial charge in [0.05, 0.1) is 5.92 Å². The highest BCUT2D eigenvalue weighted by Crippen LogP contribution is 2.23. The van der Waals surface area contributed by atoms with Gasteiger partial charge < -0.3 is 5.11 Å². The van der Waals surface area contributed by atoms with Crippen molar-refractivity contribution in [2.24, 2.45) is 11.8 Å². The summed E-state index contributed by atoms with van der Waals surface area (Å²) in [6, 6.07) is 0. The van der Waals surface area contributed by atoms with Gasteiger partial charge in [0.25, 0.3) is 0 Å². The Kier molecular flexibility index (Phi) is 3.00. The Morgan fingerprint density at radius 2 is 2.38 bits per heavy atom. The maximum atomic E-state index is 10.6. The predicted octanol–water partition coefficient (Wildman–Crippen LogP) is 0.930. The number of carboxylic acids is 1. The molecule has 72 valence electrons. The van der Waals surface area contributed by atoms with Crippen molar-refractivity contribution in [3.63, 3.8) is 0 Å². The van der Waals surface area contributed by atoms with Crippen LogP contribution in [0.3, 0.4) is 0 Å². The molecule has 13 heavy (non-hydrogen) atoms. The van der Waals surface area contributed by atoms with Crippen LogP contribution in [-0.2, 0) is 4.79 Å². The first-order valence-corrected chi connectivity index (χ1v) is 4.11. The second-order valence-corrected chi connectivity index (χ2v) is 3.21. The van der Waals surface area contributed by atoms with E-state index >= 15 is 0 Å². The molecule has 0 aromatic carbocycles. The molecule has 0 aromatic rings. The summed E-state index contributed by atoms with van der Waals surface area (Å²) in [5.74, 6) is -1.53. The van der Waals surface area contributed by atoms with Crippen LogP contribution in [0.25, 0.3) is 0 Å². The van der Waals surface area contributed by atoms with Crippen molar-refractivity contribution in [1.82, 2.24) is 0 Å². The van der Waals surface area contributed by atoms with E-state index in [2.05, 4.69) is 0 Å². The van der Waals surface area contributed by atoms with Crippen LogP contribution in [0.4, 0.5) is 0 Å². The average molecular weight is 185 g/mol. The molecule has 0 amide bonds. The van der Waals surface area contributed by atoms with E-state index in [-0.39, 0.29) is 12.5 Å². The highest BCUT2D eigenvalue weighted by molar-refractivity contribution is 5.70. The first-order chi connectivity index (χ1) is 6.09. The van der Waals surface area contributed by atoms with Crippen molar-refractivity contribution in [2.45, 2.75) is 12.8 Å². The molecule has 0 saturated carbocycles. The third kappa shape index (κ3) is 2.85. The topological polar surface area (TPSA) is 80.4 Å². The predicted molar refractivity (Wildman–Crippen MR) is 44.9 cm³/mol. The highest BCUT2D eigenvalue weighted by atomic mass is 16.6. The first kappa shape index (κ1) is 9.70. The van der Waals surface area contributed by atoms with Gasteiger partial charge in [0.2, 0.25) is 6.54 Å². The lowest BCUT2D eigenvalue weighted by Gasteiger charge is -2.18. The number of hydrogen-bond donors (Lipinski definition) is 1. The van der Waals surface area contributed by atoms with Gasteiger partial charge in [-0.25, -0.2) is 0 Å². The molecule has 5 heteroatoms. The number of hydrogen-bond acceptors (Lipinski definition) is 3. The minimum Gasteiger partial charge on any atom is -0.481 e. The number of nitrogens with zero attached hydrogens (tertiary/aromatic N) is 1. The fourth-order valence-electron chi connectivity index (χ4n) is 1.50. The fourth-order valence-corrected chi connectivity index (χ4v) is 1.50. The van der Waals surface area contributed by atoms with Crippen LogP contribution in [-0.4, -0.2) is 22.5 Å². The van der Waals surface area contributed by atoms with Crippen LogP contribution in [0, 0.1) is 22.0 Å². The Morgan fingerprint density at radius 3 is 2.92 bits per heavy atom. The van der Waals surface area contributed by atoms with Gasteiger partial charge in [0.15, 0.2) is 0 Å². The number of nitro groups is 1. The SMILES string of the molecule is O=C(O)C1CC=CC(C[N+](=O)[O-])C1. The third-order valence-electron chi connectivity index (χ3n) is 2.15. The molecule has 0 aromatic heterocycles. The van der Waals surface area contributed by atoms with Gasteiger partial charge in [-0.2, -0.15) is 0 Å². The minimum absolute atomic E-state index is 0.166. The Balaban J connectivity index is 2.51. The van der Waals surface area contributed by atoms with Crippen molar-refractivity contribution < 1.29 is 14.8 Å². The first-order valence-electron chi connectivity index (χ1n) is 4.11. The van der Waals surface area contributed by atoms with Crippen molar-refractivity contribution >= 4 is 5.97 Å². The summed E-state index contributed by atoms with van der Waals surface area (Å²) in [7, 11) is 0. The Morgan fingerprint density at radius 1 is 1.69 bits per heavy atom. The molecular weight excluding hydrogens is 174 g/mol. The molecular formula is C8H11NO4. The molecule has 0 fully saturated rings. The van der Waals surface area contributed by atoms with Crippen LogP contribution in [0.1, 0.15) is 12.8 Å². The van der Waals surface area contributed by atoms with Gasteiger partial charge in [0, 0.05) is 10.8 Å². The summed E-state index contributed by atoms with van der Waals surface area (Å²) in [5.41, 5.74) is 0. The minimum atomic E-state index is -0.863. The average Bonchev–Trinajstić information content (AvgIpc) is 2.03. The van der Waals surface area contributed by atoms with E-state index in [1.54, 1.807) is 12.2 Å². The lowest BCUT2D eigenvalue weighted by molar-refractivity contribution is -0.486. The van der Waals surface area contributed by atoms with E-state index in [9.17, 15) is 14.9 Å². The lowest BCUT2D eigenvalue weighted by Crippen LogP contribution is -2.23. The van der Waals surface area contributed by atoms with Gasteiger partial charge in [-0.1, -0.05) is 12.2 Å². The van der Waals surface area contributed by atoms with E-state index in [4.69, 9.17) is 5.11 Å². The normalized spacial score (nSPS) is 27.1. The molecule has 1 N–H and O–H groups in total. The van der Waals surface area contributed by atoms with Crippen molar-refractivity contribution in [3.05, 3.63) is 22.3 Å². The summed E-state index contributed by atoms with van der Waals surface area (Å²) in [6.07, 6.45) is 4.33. The van der Waals surface area contributed by atoms with Gasteiger partial charge in [-0.05, 0) is 12.8 Å². The van der Waals surface area contributed by atoms with Crippen LogP contribution in [0.2, 0.25) is 0 Å². The van der Waals surface area contributed by atoms with Gasteiger partial charge in [0.1, 0.15) is 0 Å². The van der Waals surface area contributed by atoms with Crippen LogP contribution < -0.4 is 0 Å². The molecule has 0 radical (unpaired) electrons. The zero-order valence-electron chi connectivity index (χ0n) is 7.05. The molecule has 0 bridgehead atoms. The number of allylic oxidation sites excluding steroid dienone is 1. The molecule has 0 saturated heterocycles. The van der Waals surface area contributed by atoms with E-state index < -0.39 is 16.8 Å². The number of carbonyl (C=O) groups is 1. The van der Waals surface area contributed by atoms with Crippen LogP contribution in [0.15, 0.2) is 12.2 Å². The molecule has 2 atom stereocenters. The molecule has 5 nitrogen and oxygen atoms in total. The molecule has 0 spiro atoms. The number of rotatable bonds is 3. The maximum Gasteiger partial charge on any atom is 0.306 e. The van der Waals surface area contributed by atoms with Crippen LogP contribution in [0.5, 0.6) is 0 Å². The van der Waals surface area contributed by atoms with E-state index in [0.717, 1.165) is 0 Å². The molecule has 1 rings (SSSR count). The quantitative estimate of drug-likeness (QED) is 0.403. The Labute approximate surface area is 75.2 Å². The lowest BCUT2D eigenvalue weighted by atomic mass is 9.87. The Hall–Kier alpha value is -1.39. The van der Waals surface area contributed by atoms with Gasteiger partial charge in [-0.15, -0.1) is 0 Å². The second kappa shape index (κ2) is 4.02. The smallest absolute Gasteiger partial charge is 0.306 e. The zero-order valence-corrected chi connectivity index (χ0v) is 7.05. The van der Waals surface area contributed by atoms with Crippen molar-refractivity contribution in [3.8, 4) is 0 Å². The summed E-state index contributed by atoms with van der Waals surface area (Å²) in [6.45, 7) is -0.166. The Bertz CT molecular complexity index is 249. The van der Waals surface area contributed by atoms with Gasteiger partial charge >= 0.3 is 5.97 Å². The molecule has 0 heterocycles. The molecule has 1 aliphatic carbocycles. The summed E-state index contributed by atoms with van der Waals surface area (Å²) >= 11 is 0. The van der Waals surface area contributed by atoms with E-state index in [0.29, 0.717) is 12.8 Å². The monoisotopic (exact) mass is 185 g/mol. The largest absolute Gasteiger partial charge is 0.481 e. The standard InChI is InChI=1S/C8H11NO4/c10-8(11)7-3-1-2-6(4-7)5-9(12)13/h1-2,6-7H,3-5H2,(H,10,11). The number of aliphatic carboxylic acids is 1. The molecule has 2 unspecified atom stereocenters. The second-order valence-electron chi connectivity index (χ2n) is 3.21. The zero-order chi connectivity index (χ0) is 9.84. The summed E-state index contributed by atoms with van der Waals surface area (Å²) < 4.78 is 0. The molecule has 0 aliphatic heterocycles. The van der Waals surface area contributed by atoms with E-state index in [1.165, 1.54) is 0 Å². The summed E-state index contributed by atoms with van der Waals surface area (Å²) in [5, 5.41) is 18.9. The van der Waals surface area contributed by atoms with Crippen molar-refractivity contribution in [2.75, 3.05) is 6.54 Å². The fraction of sp³-hybridized carbons (Fsp3) is 0.625. The number of carboxylic acid groups (broad SMARTS) is 1. The summed E-state index contributed by atoms with van der Waals surface area (Å²) in [4.78, 5) is 20.3. The highest BCUT2D eigenvalue weighted by Gasteiger charge is 2.26. The van der Waals surface area contributed by atoms with Crippen molar-refractivity contribution in [1.29, 1.82) is 0 Å². The van der Waals surface area contributed by atoms with E-state index in [1.807, 2.05) is 0 Å². The molecule has 1 aliphatic rings. The van der Waals surface area contributed by atoms with Crippen LogP contribution >= 0.6 is 0 Å².